The van der Waals surface area contributed by atoms with E-state index in [2.05, 4.69) is 10.3 Å². The molecule has 1 aromatic heterocycles. The average molecular weight is 202 g/mol. The molecule has 0 radical (unpaired) electrons. The number of rotatable bonds is 4. The summed E-state index contributed by atoms with van der Waals surface area (Å²) in [6, 6.07) is 5.52. The Morgan fingerprint density at radius 3 is 2.80 bits per heavy atom. The van der Waals surface area contributed by atoms with Gasteiger partial charge < -0.3 is 5.32 Å². The smallest absolute Gasteiger partial charge is 0.212 e. The summed E-state index contributed by atoms with van der Waals surface area (Å²) in [6.45, 7) is 3.91. The molecule has 0 bridgehead atoms. The van der Waals surface area contributed by atoms with E-state index >= 15 is 0 Å². The molecular formula is C12H14N2O. The van der Waals surface area contributed by atoms with Crippen LogP contribution in [0.4, 0.5) is 5.82 Å². The van der Waals surface area contributed by atoms with Crippen molar-refractivity contribution in [2.75, 3.05) is 5.32 Å². The van der Waals surface area contributed by atoms with Crippen molar-refractivity contribution >= 4 is 17.8 Å². The maximum absolute atomic E-state index is 10.3. The number of hydrogen-bond acceptors (Lipinski definition) is 2. The van der Waals surface area contributed by atoms with E-state index in [1.807, 2.05) is 44.2 Å². The zero-order chi connectivity index (χ0) is 11.1. The van der Waals surface area contributed by atoms with Crippen molar-refractivity contribution < 1.29 is 4.79 Å². The monoisotopic (exact) mass is 202 g/mol. The first-order valence-corrected chi connectivity index (χ1v) is 4.78. The second kappa shape index (κ2) is 5.75. The molecule has 0 spiro atoms. The van der Waals surface area contributed by atoms with Crippen molar-refractivity contribution in [1.82, 2.24) is 4.98 Å². The van der Waals surface area contributed by atoms with Crippen molar-refractivity contribution in [2.45, 2.75) is 13.8 Å². The van der Waals surface area contributed by atoms with E-state index in [-0.39, 0.29) is 0 Å². The summed E-state index contributed by atoms with van der Waals surface area (Å²) >= 11 is 0. The Balaban J connectivity index is 3.03. The molecule has 1 amide bonds. The minimum Gasteiger partial charge on any atom is -0.313 e. The highest BCUT2D eigenvalue weighted by molar-refractivity contribution is 5.74. The number of pyridine rings is 1. The minimum atomic E-state index is 0.561. The quantitative estimate of drug-likeness (QED) is 0.602. The molecule has 0 atom stereocenters. The van der Waals surface area contributed by atoms with Crippen molar-refractivity contribution in [3.05, 3.63) is 42.1 Å². The van der Waals surface area contributed by atoms with Gasteiger partial charge in [0, 0.05) is 0 Å². The number of carbonyl (C=O) groups is 1. The van der Waals surface area contributed by atoms with E-state index in [1.165, 1.54) is 0 Å². The lowest BCUT2D eigenvalue weighted by Gasteiger charge is -2.03. The summed E-state index contributed by atoms with van der Waals surface area (Å²) in [4.78, 5) is 14.6. The normalized spacial score (nSPS) is 11.7. The van der Waals surface area contributed by atoms with Gasteiger partial charge in [0.2, 0.25) is 6.41 Å². The van der Waals surface area contributed by atoms with Gasteiger partial charge in [-0.1, -0.05) is 24.3 Å². The standard InChI is InChI=1S/C12H14N2O/c1-3-6-10(4-2)11-7-5-8-12(14-11)13-9-15/h3-9H,1-2H3,(H,13,14,15)/b6-3-,10-4+. The predicted molar refractivity (Wildman–Crippen MR) is 62.4 cm³/mol. The average Bonchev–Trinajstić information content (AvgIpc) is 2.27. The van der Waals surface area contributed by atoms with Crippen LogP contribution >= 0.6 is 0 Å². The fourth-order valence-electron chi connectivity index (χ4n) is 1.25. The number of hydrogen-bond donors (Lipinski definition) is 1. The lowest BCUT2D eigenvalue weighted by Crippen LogP contribution is -1.98. The van der Waals surface area contributed by atoms with Gasteiger partial charge in [-0.2, -0.15) is 0 Å². The Morgan fingerprint density at radius 2 is 2.20 bits per heavy atom. The molecule has 0 aromatic carbocycles. The number of nitrogens with zero attached hydrogens (tertiary/aromatic N) is 1. The van der Waals surface area contributed by atoms with Crippen LogP contribution in [-0.2, 0) is 4.79 Å². The number of nitrogens with one attached hydrogen (secondary N) is 1. The number of allylic oxidation sites excluding steroid dienone is 4. The van der Waals surface area contributed by atoms with Crippen molar-refractivity contribution in [1.29, 1.82) is 0 Å². The molecule has 1 N–H and O–H groups in total. The van der Waals surface area contributed by atoms with Crippen LogP contribution < -0.4 is 5.32 Å². The Labute approximate surface area is 89.5 Å². The van der Waals surface area contributed by atoms with Crippen molar-refractivity contribution in [3.8, 4) is 0 Å². The van der Waals surface area contributed by atoms with E-state index in [0.29, 0.717) is 12.2 Å². The highest BCUT2D eigenvalue weighted by Crippen LogP contribution is 2.15. The third kappa shape index (κ3) is 3.06. The molecule has 0 fully saturated rings. The molecule has 15 heavy (non-hydrogen) atoms. The first-order chi connectivity index (χ1) is 7.31. The molecule has 3 nitrogen and oxygen atoms in total. The summed E-state index contributed by atoms with van der Waals surface area (Å²) in [5.74, 6) is 0.561. The van der Waals surface area contributed by atoms with Gasteiger partial charge >= 0.3 is 0 Å². The van der Waals surface area contributed by atoms with E-state index in [1.54, 1.807) is 6.07 Å². The van der Waals surface area contributed by atoms with E-state index in [0.717, 1.165) is 11.3 Å². The Hall–Kier alpha value is -1.90. The van der Waals surface area contributed by atoms with Gasteiger partial charge in [0.15, 0.2) is 0 Å². The van der Waals surface area contributed by atoms with Crippen molar-refractivity contribution in [2.24, 2.45) is 0 Å². The largest absolute Gasteiger partial charge is 0.313 e. The third-order valence-electron chi connectivity index (χ3n) is 1.91. The summed E-state index contributed by atoms with van der Waals surface area (Å²) in [5, 5.41) is 2.53. The molecule has 78 valence electrons. The zero-order valence-corrected chi connectivity index (χ0v) is 8.90. The predicted octanol–water partition coefficient (Wildman–Crippen LogP) is 2.63. The van der Waals surface area contributed by atoms with E-state index in [9.17, 15) is 4.79 Å². The Kier molecular flexibility index (Phi) is 4.29. The van der Waals surface area contributed by atoms with Crippen LogP contribution in [0.25, 0.3) is 5.57 Å². The van der Waals surface area contributed by atoms with E-state index in [4.69, 9.17) is 0 Å². The van der Waals surface area contributed by atoms with Gasteiger partial charge in [-0.15, -0.1) is 0 Å². The zero-order valence-electron chi connectivity index (χ0n) is 8.90. The molecular weight excluding hydrogens is 188 g/mol. The lowest BCUT2D eigenvalue weighted by molar-refractivity contribution is -0.105. The molecule has 3 heteroatoms. The van der Waals surface area contributed by atoms with Crippen LogP contribution in [0, 0.1) is 0 Å². The topological polar surface area (TPSA) is 42.0 Å². The van der Waals surface area contributed by atoms with Gasteiger partial charge in [0.25, 0.3) is 0 Å². The van der Waals surface area contributed by atoms with Gasteiger partial charge in [-0.25, -0.2) is 4.98 Å². The second-order valence-electron chi connectivity index (χ2n) is 2.91. The van der Waals surface area contributed by atoms with Gasteiger partial charge in [-0.05, 0) is 31.6 Å². The molecule has 1 rings (SSSR count). The van der Waals surface area contributed by atoms with E-state index < -0.39 is 0 Å². The lowest BCUT2D eigenvalue weighted by atomic mass is 10.1. The summed E-state index contributed by atoms with van der Waals surface area (Å²) in [7, 11) is 0. The molecule has 0 aliphatic rings. The Morgan fingerprint density at radius 1 is 1.40 bits per heavy atom. The molecule has 0 saturated heterocycles. The maximum Gasteiger partial charge on any atom is 0.212 e. The van der Waals surface area contributed by atoms with Gasteiger partial charge in [0.1, 0.15) is 5.82 Å². The van der Waals surface area contributed by atoms with Crippen LogP contribution in [0.15, 0.2) is 36.4 Å². The van der Waals surface area contributed by atoms with Crippen LogP contribution in [0.2, 0.25) is 0 Å². The fraction of sp³-hybridized carbons (Fsp3) is 0.167. The number of carbonyl (C=O) groups excluding carboxylic acids is 1. The van der Waals surface area contributed by atoms with Crippen LogP contribution in [-0.4, -0.2) is 11.4 Å². The maximum atomic E-state index is 10.3. The SMILES string of the molecule is C/C=C\C(=C/C)c1cccc(NC=O)n1. The molecule has 1 aromatic rings. The first-order valence-electron chi connectivity index (χ1n) is 4.78. The number of anilines is 1. The highest BCUT2D eigenvalue weighted by Gasteiger charge is 1.99. The summed E-state index contributed by atoms with van der Waals surface area (Å²) in [6.07, 6.45) is 6.54. The molecule has 0 aliphatic carbocycles. The Bertz CT molecular complexity index is 394. The molecule has 1 heterocycles. The van der Waals surface area contributed by atoms with Crippen LogP contribution in [0.5, 0.6) is 0 Å². The molecule has 0 unspecified atom stereocenters. The van der Waals surface area contributed by atoms with Gasteiger partial charge in [0.05, 0.1) is 5.69 Å². The first kappa shape index (κ1) is 11.2. The van der Waals surface area contributed by atoms with Gasteiger partial charge in [-0.3, -0.25) is 4.79 Å². The minimum absolute atomic E-state index is 0.561. The third-order valence-corrected chi connectivity index (χ3v) is 1.91. The van der Waals surface area contributed by atoms with Crippen LogP contribution in [0.1, 0.15) is 19.5 Å². The highest BCUT2D eigenvalue weighted by atomic mass is 16.1. The fourth-order valence-corrected chi connectivity index (χ4v) is 1.25. The number of aromatic nitrogens is 1. The molecule has 0 saturated carbocycles. The van der Waals surface area contributed by atoms with Crippen molar-refractivity contribution in [3.63, 3.8) is 0 Å². The van der Waals surface area contributed by atoms with Crippen LogP contribution in [0.3, 0.4) is 0 Å². The molecule has 0 aliphatic heterocycles. The number of amides is 1. The second-order valence-corrected chi connectivity index (χ2v) is 2.91. The summed E-state index contributed by atoms with van der Waals surface area (Å²) in [5.41, 5.74) is 1.88. The summed E-state index contributed by atoms with van der Waals surface area (Å²) < 4.78 is 0.